The molecule has 7 nitrogen and oxygen atoms in total. The minimum absolute atomic E-state index is 0.159. The number of methoxy groups -OCH3 is 1. The van der Waals surface area contributed by atoms with Gasteiger partial charge >= 0.3 is 0 Å². The van der Waals surface area contributed by atoms with E-state index < -0.39 is 13.0 Å². The number of carbonyl (C=O) groups is 2. The van der Waals surface area contributed by atoms with Gasteiger partial charge in [-0.05, 0) is 38.5 Å². The maximum atomic E-state index is 12.1. The summed E-state index contributed by atoms with van der Waals surface area (Å²) >= 11 is 0. The quantitative estimate of drug-likeness (QED) is 0.261. The molecule has 0 aliphatic carbocycles. The summed E-state index contributed by atoms with van der Waals surface area (Å²) in [6.07, 6.45) is 0.207. The molecule has 0 heterocycles. The summed E-state index contributed by atoms with van der Waals surface area (Å²) in [5, 5.41) is 12.9. The second-order valence-corrected chi connectivity index (χ2v) is 8.78. The molecule has 0 bridgehead atoms. The predicted octanol–water partition coefficient (Wildman–Crippen LogP) is 1.86. The van der Waals surface area contributed by atoms with Crippen LogP contribution in [0.5, 0.6) is 5.75 Å². The fourth-order valence-corrected chi connectivity index (χ4v) is 2.40. The maximum Gasteiger partial charge on any atom is 0.278 e. The molecule has 1 aromatic carbocycles. The Morgan fingerprint density at radius 2 is 2.00 bits per heavy atom. The van der Waals surface area contributed by atoms with E-state index in [0.29, 0.717) is 10.8 Å². The van der Waals surface area contributed by atoms with E-state index in [-0.39, 0.29) is 29.9 Å². The van der Waals surface area contributed by atoms with Gasteiger partial charge in [-0.3, -0.25) is 20.1 Å². The van der Waals surface area contributed by atoms with Crippen molar-refractivity contribution >= 4 is 18.8 Å². The van der Waals surface area contributed by atoms with Crippen molar-refractivity contribution in [1.82, 2.24) is 10.4 Å². The lowest BCUT2D eigenvalue weighted by Gasteiger charge is -2.17. The molecule has 122 valence electrons. The van der Waals surface area contributed by atoms with Gasteiger partial charge in [-0.2, -0.15) is 0 Å². The van der Waals surface area contributed by atoms with Crippen LogP contribution >= 0.6 is 7.14 Å². The molecule has 1 aromatic rings. The largest absolute Gasteiger partial charge is 0.496 e. The van der Waals surface area contributed by atoms with E-state index in [4.69, 9.17) is 4.74 Å². The Hall–Kier alpha value is -1.69. The van der Waals surface area contributed by atoms with E-state index in [1.807, 2.05) is 0 Å². The lowest BCUT2D eigenvalue weighted by atomic mass is 10.1. The van der Waals surface area contributed by atoms with Crippen LogP contribution in [0.25, 0.3) is 0 Å². The van der Waals surface area contributed by atoms with Crippen molar-refractivity contribution in [3.05, 3.63) is 29.3 Å². The number of carbonyl (C=O) groups excluding carboxylic acids is 2. The van der Waals surface area contributed by atoms with Crippen LogP contribution in [-0.2, 0) is 4.57 Å². The highest BCUT2D eigenvalue weighted by Crippen LogP contribution is 2.33. The van der Waals surface area contributed by atoms with Crippen LogP contribution in [0.2, 0.25) is 0 Å². The normalized spacial score (nSPS) is 11.1. The molecule has 0 saturated carbocycles. The van der Waals surface area contributed by atoms with Crippen molar-refractivity contribution in [3.63, 3.8) is 0 Å². The lowest BCUT2D eigenvalue weighted by Crippen LogP contribution is -2.36. The van der Waals surface area contributed by atoms with Gasteiger partial charge in [0.15, 0.2) is 5.78 Å². The summed E-state index contributed by atoms with van der Waals surface area (Å²) in [6, 6.07) is 4.33. The Balaban J connectivity index is 2.82. The van der Waals surface area contributed by atoms with E-state index in [2.05, 4.69) is 5.32 Å². The zero-order valence-corrected chi connectivity index (χ0v) is 14.0. The number of amides is 1. The zero-order chi connectivity index (χ0) is 16.9. The van der Waals surface area contributed by atoms with E-state index >= 15 is 0 Å². The number of Topliss-reactive ketones (excluding diaryl/α,β-unsaturated/α-hetero) is 1. The standard InChI is InChI=1S/C14H21N2O5P/c1-10(17)12-7-11(5-6-13(12)21-2)14(18)16(19)8-15-9-22(3,4)20/h5-7,15,19H,8-9H2,1-4H3. The molecule has 0 unspecified atom stereocenters. The number of ketones is 1. The number of benzene rings is 1. The Morgan fingerprint density at radius 1 is 1.36 bits per heavy atom. The molecule has 0 atom stereocenters. The SMILES string of the molecule is COc1ccc(C(=O)N(O)CNCP(C)(C)=O)cc1C(C)=O. The second-order valence-electron chi connectivity index (χ2n) is 5.32. The minimum atomic E-state index is -2.28. The number of ether oxygens (including phenoxy) is 1. The van der Waals surface area contributed by atoms with Gasteiger partial charge in [0.2, 0.25) is 0 Å². The van der Waals surface area contributed by atoms with Crippen LogP contribution in [0.1, 0.15) is 27.6 Å². The first-order valence-electron chi connectivity index (χ1n) is 6.60. The van der Waals surface area contributed by atoms with Crippen molar-refractivity contribution in [2.75, 3.05) is 33.4 Å². The first-order valence-corrected chi connectivity index (χ1v) is 9.39. The van der Waals surface area contributed by atoms with Crippen molar-refractivity contribution < 1.29 is 24.1 Å². The number of hydrogen-bond acceptors (Lipinski definition) is 6. The molecule has 0 aromatic heterocycles. The Bertz CT molecular complexity index is 611. The smallest absolute Gasteiger partial charge is 0.278 e. The van der Waals surface area contributed by atoms with Crippen molar-refractivity contribution in [1.29, 1.82) is 0 Å². The number of nitrogens with one attached hydrogen (secondary N) is 1. The van der Waals surface area contributed by atoms with Gasteiger partial charge in [-0.25, -0.2) is 5.06 Å². The van der Waals surface area contributed by atoms with E-state index in [1.165, 1.54) is 32.2 Å². The maximum absolute atomic E-state index is 12.1. The molecule has 1 amide bonds. The molecule has 0 radical (unpaired) electrons. The molecule has 0 spiro atoms. The van der Waals surface area contributed by atoms with Gasteiger partial charge in [0.05, 0.1) is 32.8 Å². The number of rotatable bonds is 7. The summed E-state index contributed by atoms with van der Waals surface area (Å²) in [5.41, 5.74) is 0.424. The summed E-state index contributed by atoms with van der Waals surface area (Å²) < 4.78 is 16.6. The number of hydroxylamine groups is 2. The Kier molecular flexibility index (Phi) is 6.29. The van der Waals surface area contributed by atoms with Crippen LogP contribution in [0.3, 0.4) is 0 Å². The summed E-state index contributed by atoms with van der Waals surface area (Å²) in [5.74, 6) is -0.545. The van der Waals surface area contributed by atoms with Gasteiger partial charge in [0, 0.05) is 5.56 Å². The van der Waals surface area contributed by atoms with Crippen molar-refractivity contribution in [2.45, 2.75) is 6.92 Å². The molecule has 0 fully saturated rings. The van der Waals surface area contributed by atoms with Crippen LogP contribution in [0.4, 0.5) is 0 Å². The minimum Gasteiger partial charge on any atom is -0.496 e. The van der Waals surface area contributed by atoms with Crippen LogP contribution < -0.4 is 10.1 Å². The van der Waals surface area contributed by atoms with Gasteiger partial charge < -0.3 is 9.30 Å². The molecular formula is C14H21N2O5P. The Morgan fingerprint density at radius 3 is 2.50 bits per heavy atom. The summed E-state index contributed by atoms with van der Waals surface area (Å²) in [7, 11) is -0.847. The van der Waals surface area contributed by atoms with Crippen molar-refractivity contribution in [2.24, 2.45) is 0 Å². The second kappa shape index (κ2) is 7.54. The van der Waals surface area contributed by atoms with Crippen LogP contribution in [0.15, 0.2) is 18.2 Å². The van der Waals surface area contributed by atoms with E-state index in [0.717, 1.165) is 0 Å². The van der Waals surface area contributed by atoms with Crippen molar-refractivity contribution in [3.8, 4) is 5.75 Å². The topological polar surface area (TPSA) is 95.9 Å². The molecule has 8 heteroatoms. The highest BCUT2D eigenvalue weighted by atomic mass is 31.2. The van der Waals surface area contributed by atoms with Crippen LogP contribution in [-0.4, -0.2) is 55.4 Å². The average Bonchev–Trinajstić information content (AvgIpc) is 2.44. The first kappa shape index (κ1) is 18.4. The van der Waals surface area contributed by atoms with Gasteiger partial charge in [-0.15, -0.1) is 0 Å². The fourth-order valence-electron chi connectivity index (χ4n) is 1.76. The average molecular weight is 328 g/mol. The highest BCUT2D eigenvalue weighted by Gasteiger charge is 2.18. The molecule has 0 aliphatic heterocycles. The molecule has 0 saturated heterocycles. The van der Waals surface area contributed by atoms with E-state index in [1.54, 1.807) is 13.3 Å². The van der Waals surface area contributed by atoms with Gasteiger partial charge in [-0.1, -0.05) is 0 Å². The summed E-state index contributed by atoms with van der Waals surface area (Å²) in [4.78, 5) is 23.6. The lowest BCUT2D eigenvalue weighted by molar-refractivity contribution is -0.0622. The van der Waals surface area contributed by atoms with E-state index in [9.17, 15) is 19.4 Å². The fraction of sp³-hybridized carbons (Fsp3) is 0.429. The van der Waals surface area contributed by atoms with Crippen LogP contribution in [0, 0.1) is 0 Å². The first-order chi connectivity index (χ1) is 10.2. The third-order valence-electron chi connectivity index (χ3n) is 2.81. The van der Waals surface area contributed by atoms with Gasteiger partial charge in [0.1, 0.15) is 5.75 Å². The Labute approximate surface area is 129 Å². The monoisotopic (exact) mass is 328 g/mol. The molecule has 0 aliphatic rings. The molecular weight excluding hydrogens is 307 g/mol. The molecule has 1 rings (SSSR count). The number of hydrogen-bond donors (Lipinski definition) is 2. The molecule has 2 N–H and O–H groups in total. The third-order valence-corrected chi connectivity index (χ3v) is 3.80. The predicted molar refractivity (Wildman–Crippen MR) is 83.3 cm³/mol. The number of nitrogens with zero attached hydrogens (tertiary/aromatic N) is 1. The molecule has 22 heavy (non-hydrogen) atoms. The zero-order valence-electron chi connectivity index (χ0n) is 13.1. The highest BCUT2D eigenvalue weighted by molar-refractivity contribution is 7.62. The van der Waals surface area contributed by atoms with Gasteiger partial charge in [0.25, 0.3) is 5.91 Å². The third kappa shape index (κ3) is 5.26. The summed E-state index contributed by atoms with van der Waals surface area (Å²) in [6.45, 7) is 4.41.